The number of benzene rings is 2. The van der Waals surface area contributed by atoms with Crippen LogP contribution in [0.5, 0.6) is 5.75 Å². The summed E-state index contributed by atoms with van der Waals surface area (Å²) < 4.78 is 20.2. The molecule has 2 aromatic carbocycles. The Morgan fingerprint density at radius 2 is 2.00 bits per heavy atom. The smallest absolute Gasteiger partial charge is 0.123 e. The van der Waals surface area contributed by atoms with Crippen LogP contribution in [-0.4, -0.2) is 12.6 Å². The highest BCUT2D eigenvalue weighted by atomic mass is 79.9. The van der Waals surface area contributed by atoms with Crippen molar-refractivity contribution in [3.8, 4) is 5.75 Å². The lowest BCUT2D eigenvalue weighted by molar-refractivity contribution is 0.210. The fraction of sp³-hybridized carbons (Fsp3) is 0.294. The van der Waals surface area contributed by atoms with E-state index in [1.54, 1.807) is 12.1 Å². The van der Waals surface area contributed by atoms with Gasteiger partial charge in [-0.2, -0.15) is 0 Å². The van der Waals surface area contributed by atoms with Crippen molar-refractivity contribution in [1.82, 2.24) is 0 Å². The van der Waals surface area contributed by atoms with Gasteiger partial charge < -0.3 is 10.5 Å². The lowest BCUT2D eigenvalue weighted by atomic mass is 9.92. The standard InChI is InChI=1S/C17H17BrFNO/c18-14-3-1-11(2-4-14)13(10-20)9-16-8-12-7-15(19)5-6-17(12)21-16/h1-7,13,16H,8-10,20H2. The molecule has 0 aliphatic carbocycles. The van der Waals surface area contributed by atoms with Crippen LogP contribution in [0.15, 0.2) is 46.9 Å². The fourth-order valence-electron chi connectivity index (χ4n) is 2.84. The van der Waals surface area contributed by atoms with E-state index < -0.39 is 0 Å². The Bertz CT molecular complexity index is 629. The molecule has 2 atom stereocenters. The summed E-state index contributed by atoms with van der Waals surface area (Å²) in [5, 5.41) is 0. The predicted molar refractivity (Wildman–Crippen MR) is 85.1 cm³/mol. The van der Waals surface area contributed by atoms with Crippen LogP contribution >= 0.6 is 15.9 Å². The lowest BCUT2D eigenvalue weighted by Crippen LogP contribution is -2.22. The molecule has 0 radical (unpaired) electrons. The fourth-order valence-corrected chi connectivity index (χ4v) is 3.11. The minimum atomic E-state index is -0.207. The first kappa shape index (κ1) is 14.5. The van der Waals surface area contributed by atoms with Crippen LogP contribution in [0.1, 0.15) is 23.5 Å². The molecule has 0 saturated carbocycles. The summed E-state index contributed by atoms with van der Waals surface area (Å²) in [6.45, 7) is 0.576. The van der Waals surface area contributed by atoms with Gasteiger partial charge in [0.15, 0.2) is 0 Å². The molecule has 1 heterocycles. The van der Waals surface area contributed by atoms with Gasteiger partial charge in [-0.25, -0.2) is 4.39 Å². The summed E-state index contributed by atoms with van der Waals surface area (Å²) in [7, 11) is 0. The van der Waals surface area contributed by atoms with Gasteiger partial charge in [-0.15, -0.1) is 0 Å². The van der Waals surface area contributed by atoms with Gasteiger partial charge in [-0.1, -0.05) is 28.1 Å². The van der Waals surface area contributed by atoms with Crippen LogP contribution in [0, 0.1) is 5.82 Å². The van der Waals surface area contributed by atoms with E-state index in [9.17, 15) is 4.39 Å². The van der Waals surface area contributed by atoms with Crippen molar-refractivity contribution in [3.63, 3.8) is 0 Å². The van der Waals surface area contributed by atoms with Crippen molar-refractivity contribution >= 4 is 15.9 Å². The molecule has 2 N–H and O–H groups in total. The zero-order chi connectivity index (χ0) is 14.8. The summed E-state index contributed by atoms with van der Waals surface area (Å²) in [6, 6.07) is 12.9. The molecule has 1 aliphatic rings. The summed E-state index contributed by atoms with van der Waals surface area (Å²) in [5.74, 6) is 0.844. The number of halogens is 2. The van der Waals surface area contributed by atoms with Crippen molar-refractivity contribution in [2.45, 2.75) is 24.9 Å². The molecule has 0 amide bonds. The first-order valence-corrected chi connectivity index (χ1v) is 7.85. The monoisotopic (exact) mass is 349 g/mol. The van der Waals surface area contributed by atoms with Gasteiger partial charge in [0.2, 0.25) is 0 Å². The van der Waals surface area contributed by atoms with E-state index in [-0.39, 0.29) is 17.8 Å². The third-order valence-electron chi connectivity index (χ3n) is 3.94. The van der Waals surface area contributed by atoms with E-state index >= 15 is 0 Å². The van der Waals surface area contributed by atoms with Crippen LogP contribution in [0.4, 0.5) is 4.39 Å². The van der Waals surface area contributed by atoms with Crippen LogP contribution in [0.2, 0.25) is 0 Å². The third-order valence-corrected chi connectivity index (χ3v) is 4.47. The Labute approximate surface area is 132 Å². The Hall–Kier alpha value is -1.39. The van der Waals surface area contributed by atoms with E-state index in [0.717, 1.165) is 28.6 Å². The van der Waals surface area contributed by atoms with E-state index in [4.69, 9.17) is 10.5 Å². The molecule has 0 saturated heterocycles. The second kappa shape index (κ2) is 6.16. The SMILES string of the molecule is NCC(CC1Cc2cc(F)ccc2O1)c1ccc(Br)cc1. The second-order valence-corrected chi connectivity index (χ2v) is 6.33. The Kier molecular flexibility index (Phi) is 4.27. The van der Waals surface area contributed by atoms with Gasteiger partial charge in [0.25, 0.3) is 0 Å². The van der Waals surface area contributed by atoms with E-state index in [0.29, 0.717) is 6.54 Å². The average molecular weight is 350 g/mol. The molecule has 21 heavy (non-hydrogen) atoms. The zero-order valence-corrected chi connectivity index (χ0v) is 13.1. The largest absolute Gasteiger partial charge is 0.490 e. The van der Waals surface area contributed by atoms with Crippen LogP contribution in [0.3, 0.4) is 0 Å². The average Bonchev–Trinajstić information content (AvgIpc) is 2.87. The lowest BCUT2D eigenvalue weighted by Gasteiger charge is -2.19. The number of rotatable bonds is 4. The van der Waals surface area contributed by atoms with Crippen molar-refractivity contribution in [2.24, 2.45) is 5.73 Å². The molecule has 2 unspecified atom stereocenters. The van der Waals surface area contributed by atoms with Crippen molar-refractivity contribution in [2.75, 3.05) is 6.54 Å². The molecular weight excluding hydrogens is 333 g/mol. The Morgan fingerprint density at radius 1 is 1.24 bits per heavy atom. The van der Waals surface area contributed by atoms with Gasteiger partial charge in [0, 0.05) is 16.5 Å². The molecule has 110 valence electrons. The molecule has 1 aliphatic heterocycles. The zero-order valence-electron chi connectivity index (χ0n) is 11.6. The number of hydrogen-bond acceptors (Lipinski definition) is 2. The topological polar surface area (TPSA) is 35.2 Å². The second-order valence-electron chi connectivity index (χ2n) is 5.42. The summed E-state index contributed by atoms with van der Waals surface area (Å²) >= 11 is 3.44. The molecule has 0 bridgehead atoms. The molecule has 0 aromatic heterocycles. The molecule has 3 rings (SSSR count). The third kappa shape index (κ3) is 3.27. The van der Waals surface area contributed by atoms with Gasteiger partial charge in [0.05, 0.1) is 0 Å². The molecule has 0 fully saturated rings. The normalized spacial score (nSPS) is 18.1. The van der Waals surface area contributed by atoms with E-state index in [2.05, 4.69) is 28.1 Å². The highest BCUT2D eigenvalue weighted by Crippen LogP contribution is 2.33. The van der Waals surface area contributed by atoms with Gasteiger partial charge in [-0.05, 0) is 54.8 Å². The highest BCUT2D eigenvalue weighted by molar-refractivity contribution is 9.10. The highest BCUT2D eigenvalue weighted by Gasteiger charge is 2.26. The quantitative estimate of drug-likeness (QED) is 0.904. The van der Waals surface area contributed by atoms with Gasteiger partial charge in [0.1, 0.15) is 17.7 Å². The van der Waals surface area contributed by atoms with Crippen LogP contribution in [-0.2, 0) is 6.42 Å². The Morgan fingerprint density at radius 3 is 2.71 bits per heavy atom. The molecule has 2 aromatic rings. The predicted octanol–water partition coefficient (Wildman–Crippen LogP) is 4.02. The first-order valence-electron chi connectivity index (χ1n) is 7.06. The minimum Gasteiger partial charge on any atom is -0.490 e. The summed E-state index contributed by atoms with van der Waals surface area (Å²) in [5.41, 5.74) is 8.09. The summed E-state index contributed by atoms with van der Waals surface area (Å²) in [4.78, 5) is 0. The van der Waals surface area contributed by atoms with E-state index in [1.165, 1.54) is 11.6 Å². The summed E-state index contributed by atoms with van der Waals surface area (Å²) in [6.07, 6.45) is 1.66. The first-order chi connectivity index (χ1) is 10.2. The number of nitrogens with two attached hydrogens (primary N) is 1. The van der Waals surface area contributed by atoms with Gasteiger partial charge >= 0.3 is 0 Å². The molecule has 0 spiro atoms. The van der Waals surface area contributed by atoms with Crippen LogP contribution < -0.4 is 10.5 Å². The maximum atomic E-state index is 13.2. The molecule has 2 nitrogen and oxygen atoms in total. The van der Waals surface area contributed by atoms with Crippen molar-refractivity contribution < 1.29 is 9.13 Å². The number of fused-ring (bicyclic) bond motifs is 1. The number of hydrogen-bond donors (Lipinski definition) is 1. The molecular formula is C17H17BrFNO. The maximum absolute atomic E-state index is 13.2. The Balaban J connectivity index is 1.70. The van der Waals surface area contributed by atoms with E-state index in [1.807, 2.05) is 12.1 Å². The van der Waals surface area contributed by atoms with Crippen LogP contribution in [0.25, 0.3) is 0 Å². The van der Waals surface area contributed by atoms with Gasteiger partial charge in [-0.3, -0.25) is 0 Å². The maximum Gasteiger partial charge on any atom is 0.123 e. The molecule has 4 heteroatoms. The number of ether oxygens (including phenoxy) is 1. The van der Waals surface area contributed by atoms with Crippen molar-refractivity contribution in [1.29, 1.82) is 0 Å². The van der Waals surface area contributed by atoms with Crippen molar-refractivity contribution in [3.05, 3.63) is 63.9 Å². The minimum absolute atomic E-state index is 0.0685.